The normalized spacial score (nSPS) is 13.9. The lowest BCUT2D eigenvalue weighted by Gasteiger charge is -2.18. The number of para-hydroxylation sites is 2. The van der Waals surface area contributed by atoms with Crippen LogP contribution in [0.4, 0.5) is 11.4 Å². The van der Waals surface area contributed by atoms with E-state index in [1.54, 1.807) is 56.3 Å². The zero-order valence-corrected chi connectivity index (χ0v) is 16.8. The van der Waals surface area contributed by atoms with Crippen molar-refractivity contribution in [3.8, 4) is 5.75 Å². The van der Waals surface area contributed by atoms with Crippen molar-refractivity contribution in [3.63, 3.8) is 0 Å². The van der Waals surface area contributed by atoms with Gasteiger partial charge in [0.25, 0.3) is 11.8 Å². The Morgan fingerprint density at radius 3 is 2.48 bits per heavy atom. The number of rotatable bonds is 6. The average Bonchev–Trinajstić information content (AvgIpc) is 2.91. The van der Waals surface area contributed by atoms with E-state index in [2.05, 4.69) is 5.32 Å². The van der Waals surface area contributed by atoms with Crippen molar-refractivity contribution in [1.82, 2.24) is 0 Å². The van der Waals surface area contributed by atoms with Crippen LogP contribution in [0.15, 0.2) is 59.3 Å². The maximum atomic E-state index is 12.9. The fraction of sp³-hybridized carbons (Fsp3) is 0.190. The third-order valence-corrected chi connectivity index (χ3v) is 4.41. The zero-order valence-electron chi connectivity index (χ0n) is 16.1. The Morgan fingerprint density at radius 1 is 1.07 bits per heavy atom. The summed E-state index contributed by atoms with van der Waals surface area (Å²) < 4.78 is 10.4. The molecule has 1 heterocycles. The Bertz CT molecular complexity index is 1020. The molecule has 0 bridgehead atoms. The van der Waals surface area contributed by atoms with Crippen LogP contribution in [0.25, 0.3) is 0 Å². The van der Waals surface area contributed by atoms with Gasteiger partial charge in [-0.15, -0.1) is 0 Å². The molecular formula is C21H19ClN2O5. The largest absolute Gasteiger partial charge is 0.495 e. The molecule has 8 heteroatoms. The minimum atomic E-state index is -0.668. The summed E-state index contributed by atoms with van der Waals surface area (Å²) in [5.41, 5.74) is 0.921. The molecular weight excluding hydrogens is 396 g/mol. The van der Waals surface area contributed by atoms with Gasteiger partial charge in [-0.25, -0.2) is 9.69 Å². The Morgan fingerprint density at radius 2 is 1.79 bits per heavy atom. The van der Waals surface area contributed by atoms with Gasteiger partial charge in [-0.05, 0) is 44.2 Å². The number of nitrogens with zero attached hydrogens (tertiary/aromatic N) is 1. The number of hydrogen-bond donors (Lipinski definition) is 1. The first-order valence-corrected chi connectivity index (χ1v) is 9.21. The topological polar surface area (TPSA) is 84.9 Å². The zero-order chi connectivity index (χ0) is 21.1. The molecule has 0 aliphatic carbocycles. The summed E-state index contributed by atoms with van der Waals surface area (Å²) in [6.07, 6.45) is -0.264. The number of carbonyl (C=O) groups excluding carboxylic acids is 3. The quantitative estimate of drug-likeness (QED) is 0.573. The summed E-state index contributed by atoms with van der Waals surface area (Å²) >= 11 is 6.16. The lowest BCUT2D eigenvalue weighted by molar-refractivity contribution is -0.120. The van der Waals surface area contributed by atoms with Crippen molar-refractivity contribution in [3.05, 3.63) is 64.8 Å². The van der Waals surface area contributed by atoms with E-state index in [1.807, 2.05) is 0 Å². The van der Waals surface area contributed by atoms with E-state index in [9.17, 15) is 14.4 Å². The maximum absolute atomic E-state index is 12.9. The fourth-order valence-corrected chi connectivity index (χ4v) is 3.01. The molecule has 0 spiro atoms. The molecule has 0 aromatic heterocycles. The van der Waals surface area contributed by atoms with E-state index in [0.29, 0.717) is 17.0 Å². The first-order chi connectivity index (χ1) is 13.8. The van der Waals surface area contributed by atoms with Crippen molar-refractivity contribution in [2.24, 2.45) is 0 Å². The highest BCUT2D eigenvalue weighted by molar-refractivity contribution is 6.53. The number of ether oxygens (including phenoxy) is 2. The van der Waals surface area contributed by atoms with Gasteiger partial charge in [-0.1, -0.05) is 29.8 Å². The van der Waals surface area contributed by atoms with Gasteiger partial charge in [-0.3, -0.25) is 9.59 Å². The second-order valence-corrected chi connectivity index (χ2v) is 6.84. The van der Waals surface area contributed by atoms with E-state index in [-0.39, 0.29) is 22.5 Å². The summed E-state index contributed by atoms with van der Waals surface area (Å²) in [5, 5.41) is 2.59. The maximum Gasteiger partial charge on any atom is 0.338 e. The molecule has 1 N–H and O–H groups in total. The molecule has 150 valence electrons. The third kappa shape index (κ3) is 4.09. The summed E-state index contributed by atoms with van der Waals surface area (Å²) in [7, 11) is 1.44. The van der Waals surface area contributed by atoms with Crippen LogP contribution in [0.5, 0.6) is 5.75 Å². The Hall–Kier alpha value is -3.32. The fourth-order valence-electron chi connectivity index (χ4n) is 2.80. The number of esters is 1. The van der Waals surface area contributed by atoms with Gasteiger partial charge in [0, 0.05) is 5.69 Å². The number of imide groups is 1. The predicted molar refractivity (Wildman–Crippen MR) is 109 cm³/mol. The highest BCUT2D eigenvalue weighted by Gasteiger charge is 2.40. The number of methoxy groups -OCH3 is 1. The van der Waals surface area contributed by atoms with Gasteiger partial charge in [0.15, 0.2) is 0 Å². The number of carbonyl (C=O) groups is 3. The predicted octanol–water partition coefficient (Wildman–Crippen LogP) is 3.70. The Labute approximate surface area is 172 Å². The molecule has 2 amide bonds. The van der Waals surface area contributed by atoms with Gasteiger partial charge < -0.3 is 14.8 Å². The van der Waals surface area contributed by atoms with E-state index in [0.717, 1.165) is 4.90 Å². The van der Waals surface area contributed by atoms with Gasteiger partial charge in [0.1, 0.15) is 16.5 Å². The second-order valence-electron chi connectivity index (χ2n) is 6.47. The molecule has 29 heavy (non-hydrogen) atoms. The van der Waals surface area contributed by atoms with E-state index in [1.165, 1.54) is 13.2 Å². The highest BCUT2D eigenvalue weighted by atomic mass is 35.5. The van der Waals surface area contributed by atoms with Crippen LogP contribution in [0.2, 0.25) is 0 Å². The van der Waals surface area contributed by atoms with E-state index < -0.39 is 17.8 Å². The van der Waals surface area contributed by atoms with Crippen molar-refractivity contribution in [2.75, 3.05) is 17.3 Å². The van der Waals surface area contributed by atoms with Crippen LogP contribution in [0, 0.1) is 0 Å². The summed E-state index contributed by atoms with van der Waals surface area (Å²) in [4.78, 5) is 38.6. The smallest absolute Gasteiger partial charge is 0.338 e. The van der Waals surface area contributed by atoms with E-state index >= 15 is 0 Å². The van der Waals surface area contributed by atoms with Gasteiger partial charge in [-0.2, -0.15) is 0 Å². The highest BCUT2D eigenvalue weighted by Crippen LogP contribution is 2.35. The molecule has 1 aliphatic heterocycles. The molecule has 1 aliphatic rings. The number of amides is 2. The second kappa shape index (κ2) is 8.36. The molecule has 0 unspecified atom stereocenters. The molecule has 2 aromatic carbocycles. The first kappa shape index (κ1) is 20.4. The van der Waals surface area contributed by atoms with E-state index in [4.69, 9.17) is 21.1 Å². The Balaban J connectivity index is 1.88. The molecule has 0 radical (unpaired) electrons. The third-order valence-electron chi connectivity index (χ3n) is 4.06. The monoisotopic (exact) mass is 414 g/mol. The average molecular weight is 415 g/mol. The molecule has 0 saturated heterocycles. The SMILES string of the molecule is COc1ccccc1N1C(=O)C(Cl)=C(Nc2cccc(C(=O)OC(C)C)c2)C1=O. The van der Waals surface area contributed by atoms with Gasteiger partial charge >= 0.3 is 5.97 Å². The summed E-state index contributed by atoms with van der Waals surface area (Å²) in [6.45, 7) is 3.50. The Kier molecular flexibility index (Phi) is 5.89. The lowest BCUT2D eigenvalue weighted by Crippen LogP contribution is -2.32. The molecule has 7 nitrogen and oxygen atoms in total. The number of halogens is 1. The lowest BCUT2D eigenvalue weighted by atomic mass is 10.2. The van der Waals surface area contributed by atoms with Gasteiger partial charge in [0.2, 0.25) is 0 Å². The van der Waals surface area contributed by atoms with Crippen LogP contribution in [0.3, 0.4) is 0 Å². The van der Waals surface area contributed by atoms with Crippen molar-refractivity contribution >= 4 is 40.8 Å². The standard InChI is InChI=1S/C21H19ClN2O5/c1-12(2)29-21(27)13-7-6-8-14(11-13)23-18-17(22)19(25)24(20(18)26)15-9-4-5-10-16(15)28-3/h4-12,23H,1-3H3. The van der Waals surface area contributed by atoms with Crippen molar-refractivity contribution in [2.45, 2.75) is 20.0 Å². The molecule has 0 atom stereocenters. The molecule has 2 aromatic rings. The van der Waals surface area contributed by atoms with Crippen LogP contribution in [-0.4, -0.2) is 31.0 Å². The molecule has 0 fully saturated rings. The number of hydrogen-bond acceptors (Lipinski definition) is 6. The first-order valence-electron chi connectivity index (χ1n) is 8.83. The van der Waals surface area contributed by atoms with Crippen LogP contribution in [-0.2, 0) is 14.3 Å². The van der Waals surface area contributed by atoms with Crippen molar-refractivity contribution < 1.29 is 23.9 Å². The summed E-state index contributed by atoms with van der Waals surface area (Å²) in [6, 6.07) is 13.0. The van der Waals surface area contributed by atoms with Gasteiger partial charge in [0.05, 0.1) is 24.5 Å². The minimum Gasteiger partial charge on any atom is -0.495 e. The summed E-state index contributed by atoms with van der Waals surface area (Å²) in [5.74, 6) is -1.43. The van der Waals surface area contributed by atoms with Crippen LogP contribution < -0.4 is 15.0 Å². The number of benzene rings is 2. The van der Waals surface area contributed by atoms with Crippen LogP contribution in [0.1, 0.15) is 24.2 Å². The minimum absolute atomic E-state index is 0.0862. The molecule has 0 saturated carbocycles. The number of anilines is 2. The van der Waals surface area contributed by atoms with Crippen LogP contribution >= 0.6 is 11.6 Å². The molecule has 3 rings (SSSR count). The number of nitrogens with one attached hydrogen (secondary N) is 1. The van der Waals surface area contributed by atoms with Crippen molar-refractivity contribution in [1.29, 1.82) is 0 Å².